The van der Waals surface area contributed by atoms with Crippen LogP contribution in [0.3, 0.4) is 0 Å². The van der Waals surface area contributed by atoms with E-state index >= 15 is 0 Å². The standard InChI is InChI=1S/C8H6Cl2N6/c9-6-2-1-3-7(10)5(6)4-12-16-8(11)13-14-15-16/h1-4H,(H2,11,13,15)/b12-4+. The Morgan fingerprint density at radius 3 is 2.56 bits per heavy atom. The maximum Gasteiger partial charge on any atom is 0.263 e. The number of anilines is 1. The van der Waals surface area contributed by atoms with Crippen LogP contribution in [0.2, 0.25) is 10.0 Å². The van der Waals surface area contributed by atoms with Gasteiger partial charge in [-0.3, -0.25) is 0 Å². The van der Waals surface area contributed by atoms with Crippen molar-refractivity contribution >= 4 is 35.4 Å². The first kappa shape index (κ1) is 10.8. The Hall–Kier alpha value is -1.66. The molecule has 0 saturated heterocycles. The van der Waals surface area contributed by atoms with Crippen LogP contribution in [0.15, 0.2) is 23.3 Å². The highest BCUT2D eigenvalue weighted by Crippen LogP contribution is 2.22. The molecule has 82 valence electrons. The number of benzene rings is 1. The average Bonchev–Trinajstić information content (AvgIpc) is 2.64. The first-order chi connectivity index (χ1) is 7.68. The lowest BCUT2D eigenvalue weighted by Gasteiger charge is -1.99. The molecule has 8 heteroatoms. The quantitative estimate of drug-likeness (QED) is 0.825. The molecule has 0 amide bonds. The smallest absolute Gasteiger partial charge is 0.263 e. The number of hydrogen-bond donors (Lipinski definition) is 1. The number of nitrogens with zero attached hydrogens (tertiary/aromatic N) is 5. The van der Waals surface area contributed by atoms with Crippen LogP contribution in [-0.4, -0.2) is 26.5 Å². The van der Waals surface area contributed by atoms with Gasteiger partial charge in [0.1, 0.15) is 0 Å². The van der Waals surface area contributed by atoms with E-state index in [1.54, 1.807) is 18.2 Å². The lowest BCUT2D eigenvalue weighted by atomic mass is 10.2. The molecule has 0 bridgehead atoms. The monoisotopic (exact) mass is 256 g/mol. The molecule has 0 aliphatic carbocycles. The van der Waals surface area contributed by atoms with E-state index in [4.69, 9.17) is 28.9 Å². The van der Waals surface area contributed by atoms with Crippen molar-refractivity contribution in [1.82, 2.24) is 20.3 Å². The number of aromatic nitrogens is 4. The topological polar surface area (TPSA) is 82.0 Å². The van der Waals surface area contributed by atoms with E-state index in [0.717, 1.165) is 4.79 Å². The van der Waals surface area contributed by atoms with Crippen molar-refractivity contribution in [3.05, 3.63) is 33.8 Å². The van der Waals surface area contributed by atoms with Gasteiger partial charge in [-0.1, -0.05) is 39.2 Å². The summed E-state index contributed by atoms with van der Waals surface area (Å²) < 4.78 is 0. The molecule has 2 aromatic rings. The molecule has 2 rings (SSSR count). The van der Waals surface area contributed by atoms with Crippen LogP contribution < -0.4 is 5.73 Å². The second-order valence-corrected chi connectivity index (χ2v) is 3.62. The van der Waals surface area contributed by atoms with Crippen molar-refractivity contribution in [1.29, 1.82) is 0 Å². The number of hydrogen-bond acceptors (Lipinski definition) is 5. The molecule has 6 nitrogen and oxygen atoms in total. The fourth-order valence-corrected chi connectivity index (χ4v) is 1.51. The molecule has 1 aromatic heterocycles. The van der Waals surface area contributed by atoms with Crippen molar-refractivity contribution < 1.29 is 0 Å². The van der Waals surface area contributed by atoms with Crippen molar-refractivity contribution in [2.45, 2.75) is 0 Å². The van der Waals surface area contributed by atoms with Gasteiger partial charge in [0.25, 0.3) is 5.95 Å². The highest BCUT2D eigenvalue weighted by Gasteiger charge is 2.03. The maximum absolute atomic E-state index is 5.94. The van der Waals surface area contributed by atoms with Gasteiger partial charge < -0.3 is 5.73 Å². The third kappa shape index (κ3) is 2.12. The number of nitrogens with two attached hydrogens (primary N) is 1. The van der Waals surface area contributed by atoms with Gasteiger partial charge in [0.05, 0.1) is 16.3 Å². The zero-order chi connectivity index (χ0) is 11.5. The van der Waals surface area contributed by atoms with Gasteiger partial charge in [0.2, 0.25) is 0 Å². The van der Waals surface area contributed by atoms with E-state index in [1.165, 1.54) is 6.21 Å². The molecule has 0 atom stereocenters. The van der Waals surface area contributed by atoms with E-state index in [1.807, 2.05) is 0 Å². The largest absolute Gasteiger partial charge is 0.365 e. The van der Waals surface area contributed by atoms with Crippen LogP contribution in [0.4, 0.5) is 5.95 Å². The van der Waals surface area contributed by atoms with Gasteiger partial charge in [0.15, 0.2) is 0 Å². The van der Waals surface area contributed by atoms with Gasteiger partial charge in [-0.15, -0.1) is 0 Å². The van der Waals surface area contributed by atoms with Gasteiger partial charge >= 0.3 is 0 Å². The van der Waals surface area contributed by atoms with E-state index in [-0.39, 0.29) is 5.95 Å². The first-order valence-electron chi connectivity index (χ1n) is 4.20. The summed E-state index contributed by atoms with van der Waals surface area (Å²) in [4.78, 5) is 1.07. The molecule has 16 heavy (non-hydrogen) atoms. The Bertz CT molecular complexity index is 515. The lowest BCUT2D eigenvalue weighted by Crippen LogP contribution is -2.00. The van der Waals surface area contributed by atoms with Crippen LogP contribution >= 0.6 is 23.2 Å². The molecule has 2 N–H and O–H groups in total. The van der Waals surface area contributed by atoms with Crippen molar-refractivity contribution in [3.63, 3.8) is 0 Å². The fourth-order valence-electron chi connectivity index (χ4n) is 1.02. The van der Waals surface area contributed by atoms with Gasteiger partial charge in [0, 0.05) is 5.56 Å². The molecule has 0 aliphatic rings. The molecule has 0 aliphatic heterocycles. The minimum atomic E-state index is 0.0828. The Kier molecular flexibility index (Phi) is 3.02. The summed E-state index contributed by atoms with van der Waals surface area (Å²) in [7, 11) is 0. The molecule has 1 heterocycles. The number of nitrogen functional groups attached to an aromatic ring is 1. The van der Waals surface area contributed by atoms with E-state index in [2.05, 4.69) is 20.6 Å². The summed E-state index contributed by atoms with van der Waals surface area (Å²) >= 11 is 11.9. The zero-order valence-electron chi connectivity index (χ0n) is 7.88. The van der Waals surface area contributed by atoms with Crippen LogP contribution in [0.25, 0.3) is 0 Å². The molecule has 0 unspecified atom stereocenters. The van der Waals surface area contributed by atoms with Crippen LogP contribution in [-0.2, 0) is 0 Å². The van der Waals surface area contributed by atoms with Crippen molar-refractivity contribution in [2.75, 3.05) is 5.73 Å². The Morgan fingerprint density at radius 2 is 2.00 bits per heavy atom. The maximum atomic E-state index is 5.94. The minimum absolute atomic E-state index is 0.0828. The average molecular weight is 257 g/mol. The third-order valence-electron chi connectivity index (χ3n) is 1.77. The highest BCUT2D eigenvalue weighted by molar-refractivity contribution is 6.38. The summed E-state index contributed by atoms with van der Waals surface area (Å²) in [6.07, 6.45) is 1.44. The third-order valence-corrected chi connectivity index (χ3v) is 2.43. The van der Waals surface area contributed by atoms with Crippen molar-refractivity contribution in [2.24, 2.45) is 5.10 Å². The predicted octanol–water partition coefficient (Wildman–Crippen LogP) is 1.44. The molecule has 1 aromatic carbocycles. The highest BCUT2D eigenvalue weighted by atomic mass is 35.5. The summed E-state index contributed by atoms with van der Waals surface area (Å²) in [6.45, 7) is 0. The molecule has 0 fully saturated rings. The number of halogens is 2. The van der Waals surface area contributed by atoms with Gasteiger partial charge in [-0.25, -0.2) is 0 Å². The Balaban J connectivity index is 2.34. The second-order valence-electron chi connectivity index (χ2n) is 2.81. The summed E-state index contributed by atoms with van der Waals surface area (Å²) in [6, 6.07) is 5.16. The number of tetrazole rings is 1. The number of rotatable bonds is 2. The van der Waals surface area contributed by atoms with Crippen LogP contribution in [0.5, 0.6) is 0 Å². The van der Waals surface area contributed by atoms with Crippen LogP contribution in [0.1, 0.15) is 5.56 Å². The molecule has 0 spiro atoms. The van der Waals surface area contributed by atoms with Crippen molar-refractivity contribution in [3.8, 4) is 0 Å². The van der Waals surface area contributed by atoms with E-state index < -0.39 is 0 Å². The minimum Gasteiger partial charge on any atom is -0.365 e. The summed E-state index contributed by atoms with van der Waals surface area (Å²) in [5.74, 6) is 0.0828. The van der Waals surface area contributed by atoms with E-state index in [0.29, 0.717) is 15.6 Å². The van der Waals surface area contributed by atoms with Gasteiger partial charge in [-0.05, 0) is 22.6 Å². The summed E-state index contributed by atoms with van der Waals surface area (Å²) in [5.41, 5.74) is 6.01. The second kappa shape index (κ2) is 4.46. The normalized spacial score (nSPS) is 11.1. The molecular weight excluding hydrogens is 251 g/mol. The lowest BCUT2D eigenvalue weighted by molar-refractivity contribution is 0.699. The van der Waals surface area contributed by atoms with Gasteiger partial charge in [-0.2, -0.15) is 5.10 Å². The van der Waals surface area contributed by atoms with Crippen LogP contribution in [0, 0.1) is 0 Å². The summed E-state index contributed by atoms with van der Waals surface area (Å²) in [5, 5.41) is 15.2. The Labute approximate surface area is 101 Å². The zero-order valence-corrected chi connectivity index (χ0v) is 9.39. The molecule has 0 saturated carbocycles. The fraction of sp³-hybridized carbons (Fsp3) is 0. The predicted molar refractivity (Wildman–Crippen MR) is 61.7 cm³/mol. The molecule has 0 radical (unpaired) electrons. The van der Waals surface area contributed by atoms with E-state index in [9.17, 15) is 0 Å². The molecular formula is C8H6Cl2N6. The SMILES string of the molecule is Nc1nnnn1/N=C/c1c(Cl)cccc1Cl. The first-order valence-corrected chi connectivity index (χ1v) is 4.96. The Morgan fingerprint density at radius 1 is 1.31 bits per heavy atom.